The van der Waals surface area contributed by atoms with Crippen LogP contribution in [0.3, 0.4) is 0 Å². The topological polar surface area (TPSA) is 30.7 Å². The van der Waals surface area contributed by atoms with Gasteiger partial charge >= 0.3 is 0 Å². The molecule has 1 unspecified atom stereocenters. The van der Waals surface area contributed by atoms with Crippen molar-refractivity contribution in [2.75, 3.05) is 0 Å². The second kappa shape index (κ2) is 6.59. The maximum atomic E-state index is 13.4. The molecule has 120 valence electrons. The Morgan fingerprint density at radius 3 is 2.36 bits per heavy atom. The molecule has 0 saturated heterocycles. The number of pyridine rings is 1. The average molecular weight is 303 g/mol. The fourth-order valence-electron chi connectivity index (χ4n) is 2.62. The lowest BCUT2D eigenvalue weighted by Crippen LogP contribution is -2.05. The third kappa shape index (κ3) is 3.54. The van der Waals surface area contributed by atoms with Gasteiger partial charge in [0.1, 0.15) is 5.82 Å². The molecule has 0 aliphatic heterocycles. The molecule has 0 aromatic carbocycles. The van der Waals surface area contributed by atoms with Crippen molar-refractivity contribution in [2.45, 2.75) is 65.8 Å². The molecule has 2 aromatic heterocycles. The first-order valence-corrected chi connectivity index (χ1v) is 8.00. The monoisotopic (exact) mass is 303 g/mol. The molecular weight excluding hydrogens is 277 g/mol. The summed E-state index contributed by atoms with van der Waals surface area (Å²) in [4.78, 5) is 4.38. The Bertz CT molecular complexity index is 644. The quantitative estimate of drug-likeness (QED) is 0.796. The van der Waals surface area contributed by atoms with Crippen LogP contribution in [0.2, 0.25) is 0 Å². The Labute approximate surface area is 132 Å². The molecule has 4 heteroatoms. The maximum absolute atomic E-state index is 13.4. The van der Waals surface area contributed by atoms with Crippen molar-refractivity contribution in [3.8, 4) is 0 Å². The van der Waals surface area contributed by atoms with Gasteiger partial charge in [0.2, 0.25) is 0 Å². The lowest BCUT2D eigenvalue weighted by Gasteiger charge is -2.13. The van der Waals surface area contributed by atoms with Gasteiger partial charge in [-0.2, -0.15) is 5.10 Å². The summed E-state index contributed by atoms with van der Waals surface area (Å²) in [6, 6.07) is 3.65. The van der Waals surface area contributed by atoms with E-state index in [2.05, 4.69) is 45.8 Å². The smallest absolute Gasteiger partial charge is 0.144 e. The zero-order valence-corrected chi connectivity index (χ0v) is 14.4. The number of halogens is 1. The van der Waals surface area contributed by atoms with E-state index in [1.54, 1.807) is 13.0 Å². The molecule has 0 amide bonds. The van der Waals surface area contributed by atoms with Crippen LogP contribution in [0.25, 0.3) is 0 Å². The summed E-state index contributed by atoms with van der Waals surface area (Å²) in [5.41, 5.74) is 3.82. The van der Waals surface area contributed by atoms with Gasteiger partial charge in [0.15, 0.2) is 0 Å². The van der Waals surface area contributed by atoms with E-state index in [9.17, 15) is 4.39 Å². The number of nitrogens with zero attached hydrogens (tertiary/aromatic N) is 3. The maximum Gasteiger partial charge on any atom is 0.144 e. The van der Waals surface area contributed by atoms with Crippen molar-refractivity contribution in [3.63, 3.8) is 0 Å². The van der Waals surface area contributed by atoms with Crippen molar-refractivity contribution >= 4 is 0 Å². The third-order valence-corrected chi connectivity index (χ3v) is 3.99. The van der Waals surface area contributed by atoms with Crippen molar-refractivity contribution in [1.29, 1.82) is 0 Å². The molecule has 22 heavy (non-hydrogen) atoms. The van der Waals surface area contributed by atoms with Gasteiger partial charge in [-0.3, -0.25) is 9.67 Å². The molecule has 0 radical (unpaired) electrons. The number of hydrogen-bond acceptors (Lipinski definition) is 2. The summed E-state index contributed by atoms with van der Waals surface area (Å²) in [5.74, 6) is 0.387. The number of rotatable bonds is 5. The van der Waals surface area contributed by atoms with Gasteiger partial charge in [-0.25, -0.2) is 4.39 Å². The molecule has 0 saturated carbocycles. The minimum atomic E-state index is -0.244. The molecule has 2 aromatic rings. The van der Waals surface area contributed by atoms with Crippen LogP contribution >= 0.6 is 0 Å². The van der Waals surface area contributed by atoms with Crippen LogP contribution in [-0.2, 0) is 6.42 Å². The van der Waals surface area contributed by atoms with Crippen molar-refractivity contribution in [3.05, 3.63) is 46.8 Å². The first-order chi connectivity index (χ1) is 10.3. The Balaban J connectivity index is 2.27. The molecular formula is C18H26FN3. The fourth-order valence-corrected chi connectivity index (χ4v) is 2.62. The molecule has 0 spiro atoms. The summed E-state index contributed by atoms with van der Waals surface area (Å²) in [6.07, 6.45) is 3.02. The summed E-state index contributed by atoms with van der Waals surface area (Å²) >= 11 is 0. The van der Waals surface area contributed by atoms with Gasteiger partial charge in [-0.15, -0.1) is 0 Å². The molecule has 2 heterocycles. The fraction of sp³-hybridized carbons (Fsp3) is 0.556. The highest BCUT2D eigenvalue weighted by molar-refractivity contribution is 5.24. The van der Waals surface area contributed by atoms with E-state index in [0.717, 1.165) is 17.8 Å². The largest absolute Gasteiger partial charge is 0.270 e. The van der Waals surface area contributed by atoms with Crippen LogP contribution < -0.4 is 0 Å². The number of aryl methyl sites for hydroxylation is 1. The SMILES string of the molecule is Cc1nc(C(C)Cc2cn(C(C)C)nc2C(C)C)ccc1F. The molecule has 0 fully saturated rings. The zero-order valence-electron chi connectivity index (χ0n) is 14.4. The Morgan fingerprint density at radius 2 is 1.82 bits per heavy atom. The van der Waals surface area contributed by atoms with Crippen LogP contribution in [0, 0.1) is 12.7 Å². The molecule has 0 aliphatic rings. The predicted molar refractivity (Wildman–Crippen MR) is 87.8 cm³/mol. The minimum Gasteiger partial charge on any atom is -0.270 e. The molecule has 0 aliphatic carbocycles. The highest BCUT2D eigenvalue weighted by Crippen LogP contribution is 2.26. The lowest BCUT2D eigenvalue weighted by atomic mass is 9.95. The van der Waals surface area contributed by atoms with Gasteiger partial charge in [-0.05, 0) is 50.8 Å². The molecule has 3 nitrogen and oxygen atoms in total. The van der Waals surface area contributed by atoms with Crippen LogP contribution in [0.1, 0.15) is 75.1 Å². The minimum absolute atomic E-state index is 0.238. The van der Waals surface area contributed by atoms with Crippen molar-refractivity contribution < 1.29 is 4.39 Å². The molecule has 1 atom stereocenters. The van der Waals surface area contributed by atoms with Gasteiger partial charge in [0.05, 0.1) is 11.4 Å². The van der Waals surface area contributed by atoms with E-state index in [0.29, 0.717) is 17.7 Å². The van der Waals surface area contributed by atoms with Crippen LogP contribution in [0.4, 0.5) is 4.39 Å². The van der Waals surface area contributed by atoms with E-state index < -0.39 is 0 Å². The predicted octanol–water partition coefficient (Wildman–Crippen LogP) is 4.78. The molecule has 2 rings (SSSR count). The Hall–Kier alpha value is -1.71. The van der Waals surface area contributed by atoms with Gasteiger partial charge in [-0.1, -0.05) is 20.8 Å². The van der Waals surface area contributed by atoms with Crippen molar-refractivity contribution in [1.82, 2.24) is 14.8 Å². The van der Waals surface area contributed by atoms with Crippen LogP contribution in [-0.4, -0.2) is 14.8 Å². The second-order valence-corrected chi connectivity index (χ2v) is 6.68. The normalized spacial score (nSPS) is 13.1. The summed E-state index contributed by atoms with van der Waals surface area (Å²) < 4.78 is 15.4. The summed E-state index contributed by atoms with van der Waals surface area (Å²) in [7, 11) is 0. The highest BCUT2D eigenvalue weighted by Gasteiger charge is 2.18. The molecule has 0 bridgehead atoms. The average Bonchev–Trinajstić information content (AvgIpc) is 2.86. The van der Waals surface area contributed by atoms with Crippen LogP contribution in [0.15, 0.2) is 18.3 Å². The number of hydrogen-bond donors (Lipinski definition) is 0. The Kier molecular flexibility index (Phi) is 4.99. The first kappa shape index (κ1) is 16.7. The van der Waals surface area contributed by atoms with Gasteiger partial charge < -0.3 is 0 Å². The van der Waals surface area contributed by atoms with E-state index in [4.69, 9.17) is 5.10 Å². The Morgan fingerprint density at radius 1 is 1.14 bits per heavy atom. The van der Waals surface area contributed by atoms with E-state index in [-0.39, 0.29) is 11.7 Å². The van der Waals surface area contributed by atoms with E-state index in [1.165, 1.54) is 11.6 Å². The third-order valence-electron chi connectivity index (χ3n) is 3.99. The number of aromatic nitrogens is 3. The van der Waals surface area contributed by atoms with E-state index >= 15 is 0 Å². The second-order valence-electron chi connectivity index (χ2n) is 6.68. The summed E-state index contributed by atoms with van der Waals surface area (Å²) in [6.45, 7) is 12.5. The first-order valence-electron chi connectivity index (χ1n) is 8.00. The van der Waals surface area contributed by atoms with Crippen molar-refractivity contribution in [2.24, 2.45) is 0 Å². The summed E-state index contributed by atoms with van der Waals surface area (Å²) in [5, 5.41) is 4.72. The highest BCUT2D eigenvalue weighted by atomic mass is 19.1. The van der Waals surface area contributed by atoms with E-state index in [1.807, 2.05) is 4.68 Å². The van der Waals surface area contributed by atoms with Gasteiger partial charge in [0.25, 0.3) is 0 Å². The lowest BCUT2D eigenvalue weighted by molar-refractivity contribution is 0.522. The van der Waals surface area contributed by atoms with Gasteiger partial charge in [0, 0.05) is 23.9 Å². The standard InChI is InChI=1S/C18H26FN3/c1-11(2)18-15(10-22(21-18)12(3)4)9-13(5)17-8-7-16(19)14(6)20-17/h7-8,10-13H,9H2,1-6H3. The van der Waals surface area contributed by atoms with Crippen LogP contribution in [0.5, 0.6) is 0 Å². The zero-order chi connectivity index (χ0) is 16.4. The molecule has 0 N–H and O–H groups in total.